The number of carbonyl (C=O) groups is 1. The monoisotopic (exact) mass is 435 g/mol. The molecule has 31 heavy (non-hydrogen) atoms. The van der Waals surface area contributed by atoms with Gasteiger partial charge in [-0.3, -0.25) is 0 Å². The van der Waals surface area contributed by atoms with Crippen molar-refractivity contribution in [1.29, 1.82) is 0 Å². The van der Waals surface area contributed by atoms with Crippen molar-refractivity contribution in [3.05, 3.63) is 99.8 Å². The molecule has 0 radical (unpaired) electrons. The summed E-state index contributed by atoms with van der Waals surface area (Å²) in [6.07, 6.45) is 2.61. The molecule has 0 bridgehead atoms. The first-order valence-corrected chi connectivity index (χ1v) is 11.2. The molecule has 0 amide bonds. The van der Waals surface area contributed by atoms with Crippen LogP contribution in [0.5, 0.6) is 0 Å². The molecular weight excluding hydrogens is 409 g/mol. The van der Waals surface area contributed by atoms with E-state index in [0.717, 1.165) is 35.4 Å². The van der Waals surface area contributed by atoms with Gasteiger partial charge in [0.05, 0.1) is 0 Å². The van der Waals surface area contributed by atoms with Crippen LogP contribution in [0.15, 0.2) is 66.7 Å². The Morgan fingerprint density at radius 1 is 1.03 bits per heavy atom. The summed E-state index contributed by atoms with van der Waals surface area (Å²) in [6.45, 7) is 4.86. The quantitative estimate of drug-likeness (QED) is 0.390. The first kappa shape index (κ1) is 21.6. The summed E-state index contributed by atoms with van der Waals surface area (Å²) in [6, 6.07) is 21.7. The molecule has 0 spiro atoms. The van der Waals surface area contributed by atoms with Gasteiger partial charge in [0, 0.05) is 35.1 Å². The average Bonchev–Trinajstić information content (AvgIpc) is 3.00. The molecule has 1 heterocycles. The van der Waals surface area contributed by atoms with Crippen LogP contribution in [0, 0.1) is 11.7 Å². The first-order valence-electron chi connectivity index (χ1n) is 10.8. The number of benzene rings is 3. The van der Waals surface area contributed by atoms with E-state index < -0.39 is 0 Å². The molecule has 0 aromatic heterocycles. The number of anilines is 1. The molecule has 0 saturated heterocycles. The number of nitrogens with zero attached hydrogens (tertiary/aromatic N) is 1. The summed E-state index contributed by atoms with van der Waals surface area (Å²) in [4.78, 5) is 13.3. The summed E-state index contributed by atoms with van der Waals surface area (Å²) in [5.41, 5.74) is 5.71. The normalized spacial score (nSPS) is 18.6. The van der Waals surface area contributed by atoms with Crippen molar-refractivity contribution in [2.24, 2.45) is 5.92 Å². The molecule has 0 saturated carbocycles. The standard InChI is InChI=1S/C27H27ClFNO/c1-18(17-31)12-21-4-3-5-22(13-21)16-30-19(2)26(14-20-6-8-23(28)9-7-20)25-11-10-24(29)15-27(25)30/h3-11,13,15,17-19,26H,12,14,16H2,1-2H3. The highest BCUT2D eigenvalue weighted by Gasteiger charge is 2.35. The van der Waals surface area contributed by atoms with E-state index in [9.17, 15) is 9.18 Å². The SMILES string of the molecule is CC(C=O)Cc1cccc(CN2c3cc(F)ccc3C(Cc3ccc(Cl)cc3)C2C)c1. The predicted octanol–water partition coefficient (Wildman–Crippen LogP) is 6.59. The van der Waals surface area contributed by atoms with Gasteiger partial charge in [-0.25, -0.2) is 4.39 Å². The molecule has 2 nitrogen and oxygen atoms in total. The van der Waals surface area contributed by atoms with Crippen molar-refractivity contribution >= 4 is 23.6 Å². The van der Waals surface area contributed by atoms with E-state index in [4.69, 9.17) is 11.6 Å². The fraction of sp³-hybridized carbons (Fsp3) is 0.296. The topological polar surface area (TPSA) is 20.3 Å². The third-order valence-corrected chi connectivity index (χ3v) is 6.53. The highest BCUT2D eigenvalue weighted by molar-refractivity contribution is 6.30. The van der Waals surface area contributed by atoms with Crippen molar-refractivity contribution in [2.75, 3.05) is 4.90 Å². The summed E-state index contributed by atoms with van der Waals surface area (Å²) in [5, 5.41) is 0.732. The Labute approximate surface area is 188 Å². The average molecular weight is 436 g/mol. The van der Waals surface area contributed by atoms with Crippen LogP contribution in [0.25, 0.3) is 0 Å². The number of hydrogen-bond acceptors (Lipinski definition) is 2. The lowest BCUT2D eigenvalue weighted by Gasteiger charge is -2.28. The number of aldehydes is 1. The second-order valence-electron chi connectivity index (χ2n) is 8.65. The zero-order valence-electron chi connectivity index (χ0n) is 17.9. The van der Waals surface area contributed by atoms with E-state index >= 15 is 0 Å². The van der Waals surface area contributed by atoms with Gasteiger partial charge < -0.3 is 9.69 Å². The van der Waals surface area contributed by atoms with Crippen LogP contribution in [-0.2, 0) is 24.2 Å². The Hall–Kier alpha value is -2.65. The van der Waals surface area contributed by atoms with E-state index in [-0.39, 0.29) is 23.7 Å². The lowest BCUT2D eigenvalue weighted by molar-refractivity contribution is -0.110. The highest BCUT2D eigenvalue weighted by atomic mass is 35.5. The minimum atomic E-state index is -0.211. The van der Waals surface area contributed by atoms with Gasteiger partial charge in [-0.15, -0.1) is 0 Å². The van der Waals surface area contributed by atoms with Gasteiger partial charge in [-0.1, -0.05) is 61.0 Å². The molecule has 3 unspecified atom stereocenters. The third-order valence-electron chi connectivity index (χ3n) is 6.28. The minimum Gasteiger partial charge on any atom is -0.364 e. The lowest BCUT2D eigenvalue weighted by Crippen LogP contribution is -2.31. The molecular formula is C27H27ClFNO. The van der Waals surface area contributed by atoms with Crippen molar-refractivity contribution in [1.82, 2.24) is 0 Å². The van der Waals surface area contributed by atoms with E-state index in [1.54, 1.807) is 12.1 Å². The molecule has 4 heteroatoms. The maximum Gasteiger partial charge on any atom is 0.125 e. The maximum atomic E-state index is 14.2. The van der Waals surface area contributed by atoms with Crippen molar-refractivity contribution in [2.45, 2.75) is 45.2 Å². The van der Waals surface area contributed by atoms with Gasteiger partial charge in [0.1, 0.15) is 12.1 Å². The van der Waals surface area contributed by atoms with Crippen LogP contribution >= 0.6 is 11.6 Å². The largest absolute Gasteiger partial charge is 0.364 e. The van der Waals surface area contributed by atoms with Crippen molar-refractivity contribution in [3.8, 4) is 0 Å². The highest BCUT2D eigenvalue weighted by Crippen LogP contribution is 2.43. The van der Waals surface area contributed by atoms with Crippen LogP contribution in [0.4, 0.5) is 10.1 Å². The van der Waals surface area contributed by atoms with Gasteiger partial charge in [0.2, 0.25) is 0 Å². The fourth-order valence-electron chi connectivity index (χ4n) is 4.63. The third kappa shape index (κ3) is 4.83. The maximum absolute atomic E-state index is 14.2. The molecule has 4 rings (SSSR count). The van der Waals surface area contributed by atoms with Crippen LogP contribution in [0.3, 0.4) is 0 Å². The van der Waals surface area contributed by atoms with Gasteiger partial charge in [0.15, 0.2) is 0 Å². The summed E-state index contributed by atoms with van der Waals surface area (Å²) >= 11 is 6.05. The lowest BCUT2D eigenvalue weighted by atomic mass is 9.89. The fourth-order valence-corrected chi connectivity index (χ4v) is 4.76. The molecule has 160 valence electrons. The first-order chi connectivity index (χ1) is 14.9. The summed E-state index contributed by atoms with van der Waals surface area (Å²) in [5.74, 6) is 0.0613. The Morgan fingerprint density at radius 2 is 1.77 bits per heavy atom. The molecule has 1 aliphatic heterocycles. The van der Waals surface area contributed by atoms with Crippen molar-refractivity contribution in [3.63, 3.8) is 0 Å². The second kappa shape index (κ2) is 9.23. The van der Waals surface area contributed by atoms with E-state index in [2.05, 4.69) is 42.2 Å². The number of fused-ring (bicyclic) bond motifs is 1. The number of hydrogen-bond donors (Lipinski definition) is 0. The number of rotatable bonds is 7. The van der Waals surface area contributed by atoms with E-state index in [1.807, 2.05) is 31.2 Å². The predicted molar refractivity (Wildman–Crippen MR) is 125 cm³/mol. The van der Waals surface area contributed by atoms with Crippen molar-refractivity contribution < 1.29 is 9.18 Å². The summed E-state index contributed by atoms with van der Waals surface area (Å²) in [7, 11) is 0. The van der Waals surface area contributed by atoms with Crippen LogP contribution in [0.2, 0.25) is 5.02 Å². The molecule has 0 fully saturated rings. The van der Waals surface area contributed by atoms with E-state index in [1.165, 1.54) is 16.7 Å². The number of halogens is 2. The smallest absolute Gasteiger partial charge is 0.125 e. The Kier molecular flexibility index (Phi) is 6.43. The Bertz CT molecular complexity index is 1070. The molecule has 0 aliphatic carbocycles. The molecule has 3 aromatic carbocycles. The Morgan fingerprint density at radius 3 is 2.52 bits per heavy atom. The Balaban J connectivity index is 1.61. The molecule has 0 N–H and O–H groups in total. The zero-order chi connectivity index (χ0) is 22.0. The van der Waals surface area contributed by atoms with Crippen LogP contribution in [-0.4, -0.2) is 12.3 Å². The van der Waals surface area contributed by atoms with Gasteiger partial charge >= 0.3 is 0 Å². The minimum absolute atomic E-state index is 0.000427. The van der Waals surface area contributed by atoms with Gasteiger partial charge in [-0.2, -0.15) is 0 Å². The van der Waals surface area contributed by atoms with Crippen LogP contribution < -0.4 is 4.90 Å². The number of carbonyl (C=O) groups excluding carboxylic acids is 1. The van der Waals surface area contributed by atoms with Gasteiger partial charge in [-0.05, 0) is 66.3 Å². The van der Waals surface area contributed by atoms with E-state index in [0.29, 0.717) is 6.54 Å². The van der Waals surface area contributed by atoms with Gasteiger partial charge in [0.25, 0.3) is 0 Å². The molecule has 3 atom stereocenters. The molecule has 1 aliphatic rings. The van der Waals surface area contributed by atoms with Crippen LogP contribution in [0.1, 0.15) is 42.0 Å². The summed E-state index contributed by atoms with van der Waals surface area (Å²) < 4.78 is 14.2. The molecule has 3 aromatic rings. The zero-order valence-corrected chi connectivity index (χ0v) is 18.6. The second-order valence-corrected chi connectivity index (χ2v) is 9.08.